The second kappa shape index (κ2) is 18.8. The third-order valence-corrected chi connectivity index (χ3v) is 1.29. The minimum Gasteiger partial charge on any atom is -1.00 e. The van der Waals surface area contributed by atoms with Crippen molar-refractivity contribution in [2.45, 2.75) is 18.4 Å². The van der Waals surface area contributed by atoms with Crippen LogP contribution in [-0.4, -0.2) is 48.8 Å². The Balaban J connectivity index is -0.0000000627. The van der Waals surface area contributed by atoms with E-state index in [1.807, 2.05) is 0 Å². The zero-order chi connectivity index (χ0) is 15.1. The number of halogens is 1. The molecular formula is C6H9ClK2NaO11P. The number of carbonyl (C=O) groups is 3. The van der Waals surface area contributed by atoms with Crippen LogP contribution in [0.2, 0.25) is 0 Å². The molecule has 0 atom stereocenters. The summed E-state index contributed by atoms with van der Waals surface area (Å²) in [6, 6.07) is 0. The van der Waals surface area contributed by atoms with Crippen LogP contribution in [-0.2, 0) is 18.9 Å². The van der Waals surface area contributed by atoms with Gasteiger partial charge in [-0.1, -0.05) is 0 Å². The van der Waals surface area contributed by atoms with Crippen LogP contribution in [0.3, 0.4) is 0 Å². The summed E-state index contributed by atoms with van der Waals surface area (Å²) in [6.07, 6.45) is -2.29. The van der Waals surface area contributed by atoms with E-state index >= 15 is 0 Å². The van der Waals surface area contributed by atoms with Crippen molar-refractivity contribution in [3.8, 4) is 0 Å². The Morgan fingerprint density at radius 2 is 1.14 bits per heavy atom. The summed E-state index contributed by atoms with van der Waals surface area (Å²) in [5.41, 5.74) is -2.74. The number of aliphatic carboxylic acids is 3. The summed E-state index contributed by atoms with van der Waals surface area (Å²) in [4.78, 5) is 54.8. The number of carboxylic acid groups (broad SMARTS) is 3. The predicted molar refractivity (Wildman–Crippen MR) is 46.9 cm³/mol. The molecular weight excluding hydrogens is 416 g/mol. The van der Waals surface area contributed by atoms with Crippen LogP contribution in [0.25, 0.3) is 0 Å². The SMILES string of the molecule is O=C(O)CC(O)(CC(=O)O)C(=O)O.O=P([O-])([O-])O.[Cl-].[K+].[K+].[Na+]. The molecule has 114 valence electrons. The Kier molecular flexibility index (Phi) is 34.2. The summed E-state index contributed by atoms with van der Waals surface area (Å²) >= 11 is 0. The summed E-state index contributed by atoms with van der Waals surface area (Å²) in [7, 11) is -5.14. The fraction of sp³-hybridized carbons (Fsp3) is 0.500. The van der Waals surface area contributed by atoms with E-state index in [2.05, 4.69) is 0 Å². The van der Waals surface area contributed by atoms with E-state index in [-0.39, 0.29) is 145 Å². The molecule has 0 fully saturated rings. The van der Waals surface area contributed by atoms with Crippen molar-refractivity contribution in [2.24, 2.45) is 0 Å². The molecule has 0 aliphatic heterocycles. The van der Waals surface area contributed by atoms with Gasteiger partial charge in [-0.05, 0) is 0 Å². The van der Waals surface area contributed by atoms with Gasteiger partial charge in [-0.2, -0.15) is 0 Å². The number of rotatable bonds is 5. The smallest absolute Gasteiger partial charge is 1.00 e. The van der Waals surface area contributed by atoms with E-state index in [9.17, 15) is 14.4 Å². The zero-order valence-electron chi connectivity index (χ0n) is 11.9. The second-order valence-corrected chi connectivity index (χ2v) is 3.88. The van der Waals surface area contributed by atoms with E-state index < -0.39 is 44.2 Å². The molecule has 16 heteroatoms. The Morgan fingerprint density at radius 3 is 1.23 bits per heavy atom. The molecule has 0 aromatic carbocycles. The molecule has 0 spiro atoms. The molecule has 0 aliphatic carbocycles. The van der Waals surface area contributed by atoms with Gasteiger partial charge in [0.2, 0.25) is 0 Å². The van der Waals surface area contributed by atoms with E-state index in [0.717, 1.165) is 0 Å². The Bertz CT molecular complexity index is 365. The molecule has 0 saturated carbocycles. The van der Waals surface area contributed by atoms with E-state index in [0.29, 0.717) is 0 Å². The van der Waals surface area contributed by atoms with Gasteiger partial charge < -0.3 is 52.1 Å². The Labute approximate surface area is 238 Å². The fourth-order valence-corrected chi connectivity index (χ4v) is 0.714. The fourth-order valence-electron chi connectivity index (χ4n) is 0.714. The summed E-state index contributed by atoms with van der Waals surface area (Å²) in [5, 5.41) is 33.8. The van der Waals surface area contributed by atoms with Gasteiger partial charge in [0.1, 0.15) is 0 Å². The molecule has 0 bridgehead atoms. The van der Waals surface area contributed by atoms with E-state index in [1.165, 1.54) is 0 Å². The molecule has 0 aromatic rings. The molecule has 0 aliphatic rings. The van der Waals surface area contributed by atoms with Crippen molar-refractivity contribution in [1.82, 2.24) is 0 Å². The minimum atomic E-state index is -5.14. The number of carboxylic acids is 3. The summed E-state index contributed by atoms with van der Waals surface area (Å²) < 4.78 is 8.66. The standard InChI is InChI=1S/C6H8O7.ClH.2K.Na.H3O4P/c7-3(8)1-6(13,5(11)12)2-4(9)10;;;;;1-5(2,3)4/h13H,1-2H2,(H,7,8)(H,9,10)(H,11,12);1H;;;;(H3,1,2,3,4)/q;;3*+1;/p-3. The summed E-state index contributed by atoms with van der Waals surface area (Å²) in [5.74, 6) is -5.02. The average molecular weight is 425 g/mol. The first-order valence-electron chi connectivity index (χ1n) is 3.92. The van der Waals surface area contributed by atoms with Crippen molar-refractivity contribution in [2.75, 3.05) is 0 Å². The van der Waals surface area contributed by atoms with Gasteiger partial charge in [0.05, 0.1) is 20.7 Å². The van der Waals surface area contributed by atoms with Crippen LogP contribution in [0.15, 0.2) is 0 Å². The second-order valence-electron chi connectivity index (χ2n) is 2.95. The molecule has 11 nitrogen and oxygen atoms in total. The van der Waals surface area contributed by atoms with Crippen LogP contribution in [0.1, 0.15) is 12.8 Å². The topological polar surface area (TPSA) is 216 Å². The van der Waals surface area contributed by atoms with Crippen LogP contribution in [0.4, 0.5) is 0 Å². The van der Waals surface area contributed by atoms with Gasteiger partial charge in [0.25, 0.3) is 0 Å². The number of hydrogen-bond acceptors (Lipinski definition) is 7. The maximum absolute atomic E-state index is 10.3. The zero-order valence-corrected chi connectivity index (χ0v) is 21.8. The third-order valence-electron chi connectivity index (χ3n) is 1.29. The molecule has 0 unspecified atom stereocenters. The van der Waals surface area contributed by atoms with Gasteiger partial charge in [0, 0.05) is 0 Å². The molecule has 0 amide bonds. The quantitative estimate of drug-likeness (QED) is 0.206. The molecule has 22 heavy (non-hydrogen) atoms. The molecule has 0 aromatic heterocycles. The molecule has 0 saturated heterocycles. The van der Waals surface area contributed by atoms with Gasteiger partial charge in [-0.25, -0.2) is 4.79 Å². The normalized spacial score (nSPS) is 9.09. The van der Waals surface area contributed by atoms with Crippen LogP contribution >= 0.6 is 7.82 Å². The molecule has 5 N–H and O–H groups in total. The third kappa shape index (κ3) is 30.9. The first-order chi connectivity index (χ1) is 7.78. The predicted octanol–water partition coefficient (Wildman–Crippen LogP) is -15.4. The largest absolute Gasteiger partial charge is 1.00 e. The van der Waals surface area contributed by atoms with Crippen molar-refractivity contribution in [3.63, 3.8) is 0 Å². The Morgan fingerprint density at radius 1 is 0.955 bits per heavy atom. The van der Waals surface area contributed by atoms with Crippen LogP contribution in [0, 0.1) is 0 Å². The van der Waals surface area contributed by atoms with Crippen LogP contribution < -0.4 is 155 Å². The number of hydrogen-bond donors (Lipinski definition) is 5. The average Bonchev–Trinajstić information content (AvgIpc) is 1.95. The Hall–Kier alpha value is 3.04. The van der Waals surface area contributed by atoms with Gasteiger partial charge in [-0.3, -0.25) is 9.59 Å². The number of aliphatic hydroxyl groups is 1. The number of phosphoric acid groups is 1. The molecule has 0 radical (unpaired) electrons. The van der Waals surface area contributed by atoms with Gasteiger partial charge >= 0.3 is 150 Å². The van der Waals surface area contributed by atoms with Gasteiger partial charge in [0.15, 0.2) is 5.60 Å². The minimum absolute atomic E-state index is 0. The first kappa shape index (κ1) is 39.9. The van der Waals surface area contributed by atoms with Crippen molar-refractivity contribution < 1.29 is 199 Å². The van der Waals surface area contributed by atoms with E-state index in [1.54, 1.807) is 0 Å². The van der Waals surface area contributed by atoms with Crippen molar-refractivity contribution in [3.05, 3.63) is 0 Å². The maximum atomic E-state index is 10.3. The molecule has 0 heterocycles. The first-order valence-corrected chi connectivity index (χ1v) is 5.41. The van der Waals surface area contributed by atoms with Crippen molar-refractivity contribution >= 4 is 25.7 Å². The van der Waals surface area contributed by atoms with E-state index in [4.69, 9.17) is 39.7 Å². The van der Waals surface area contributed by atoms with Crippen molar-refractivity contribution in [1.29, 1.82) is 0 Å². The monoisotopic (exact) mass is 424 g/mol. The maximum Gasteiger partial charge on any atom is 1.00 e. The van der Waals surface area contributed by atoms with Crippen LogP contribution in [0.5, 0.6) is 0 Å². The molecule has 0 rings (SSSR count). The van der Waals surface area contributed by atoms with Gasteiger partial charge in [-0.15, -0.1) is 0 Å². The summed E-state index contributed by atoms with van der Waals surface area (Å²) in [6.45, 7) is 0.